The highest BCUT2D eigenvalue weighted by Crippen LogP contribution is 2.32. The molecular formula is C15H14FN3O2. The number of halogens is 1. The van der Waals surface area contributed by atoms with Gasteiger partial charge in [-0.2, -0.15) is 0 Å². The third-order valence-corrected chi connectivity index (χ3v) is 3.30. The second-order valence-electron chi connectivity index (χ2n) is 4.47. The van der Waals surface area contributed by atoms with E-state index >= 15 is 0 Å². The topological polar surface area (TPSA) is 61.8 Å². The van der Waals surface area contributed by atoms with Crippen LogP contribution in [-0.2, 0) is 0 Å². The molecule has 0 saturated heterocycles. The van der Waals surface area contributed by atoms with Crippen molar-refractivity contribution in [2.24, 2.45) is 0 Å². The smallest absolute Gasteiger partial charge is 0.181 e. The lowest BCUT2D eigenvalue weighted by Crippen LogP contribution is -1.95. The Bertz CT molecular complexity index is 814. The monoisotopic (exact) mass is 287 g/mol. The molecule has 0 aliphatic carbocycles. The van der Waals surface area contributed by atoms with E-state index in [9.17, 15) is 4.39 Å². The van der Waals surface area contributed by atoms with Crippen LogP contribution in [0.25, 0.3) is 16.9 Å². The third kappa shape index (κ3) is 2.05. The molecule has 3 aromatic rings. The van der Waals surface area contributed by atoms with E-state index in [4.69, 9.17) is 15.2 Å². The number of fused-ring (bicyclic) bond motifs is 1. The van der Waals surface area contributed by atoms with Gasteiger partial charge >= 0.3 is 0 Å². The van der Waals surface area contributed by atoms with Crippen LogP contribution in [0, 0.1) is 5.82 Å². The van der Waals surface area contributed by atoms with Gasteiger partial charge in [-0.1, -0.05) is 0 Å². The molecular weight excluding hydrogens is 273 g/mol. The zero-order chi connectivity index (χ0) is 15.0. The first-order valence-electron chi connectivity index (χ1n) is 6.30. The number of aromatic nitrogens is 2. The summed E-state index contributed by atoms with van der Waals surface area (Å²) >= 11 is 0. The number of nitrogens with zero attached hydrogens (tertiary/aromatic N) is 2. The molecule has 108 valence electrons. The van der Waals surface area contributed by atoms with E-state index in [0.717, 1.165) is 0 Å². The quantitative estimate of drug-likeness (QED) is 0.804. The average Bonchev–Trinajstić information content (AvgIpc) is 2.84. The molecule has 5 nitrogen and oxygen atoms in total. The lowest BCUT2D eigenvalue weighted by Gasteiger charge is -2.04. The molecule has 0 unspecified atom stereocenters. The molecule has 6 heteroatoms. The Labute approximate surface area is 120 Å². The molecule has 0 radical (unpaired) electrons. The highest BCUT2D eigenvalue weighted by molar-refractivity contribution is 5.77. The first kappa shape index (κ1) is 13.2. The Morgan fingerprint density at radius 1 is 1.14 bits per heavy atom. The lowest BCUT2D eigenvalue weighted by atomic mass is 10.1. The van der Waals surface area contributed by atoms with Crippen LogP contribution in [0.1, 0.15) is 0 Å². The lowest BCUT2D eigenvalue weighted by molar-refractivity contribution is 0.386. The van der Waals surface area contributed by atoms with Crippen molar-refractivity contribution in [3.8, 4) is 22.8 Å². The highest BCUT2D eigenvalue weighted by atomic mass is 19.1. The Morgan fingerprint density at radius 3 is 2.57 bits per heavy atom. The molecule has 2 aromatic heterocycles. The van der Waals surface area contributed by atoms with Gasteiger partial charge in [-0.25, -0.2) is 9.37 Å². The summed E-state index contributed by atoms with van der Waals surface area (Å²) in [5.41, 5.74) is 7.77. The maximum absolute atomic E-state index is 13.8. The van der Waals surface area contributed by atoms with Crippen LogP contribution in [-0.4, -0.2) is 23.6 Å². The molecule has 0 bridgehead atoms. The number of rotatable bonds is 3. The van der Waals surface area contributed by atoms with Gasteiger partial charge in [0.1, 0.15) is 11.5 Å². The molecule has 21 heavy (non-hydrogen) atoms. The van der Waals surface area contributed by atoms with Crippen molar-refractivity contribution < 1.29 is 13.9 Å². The fourth-order valence-electron chi connectivity index (χ4n) is 2.25. The number of hydrogen-bond donors (Lipinski definition) is 1. The molecule has 0 atom stereocenters. The average molecular weight is 287 g/mol. The van der Waals surface area contributed by atoms with Crippen molar-refractivity contribution >= 4 is 11.5 Å². The molecule has 2 heterocycles. The fraction of sp³-hybridized carbons (Fsp3) is 0.133. The van der Waals surface area contributed by atoms with E-state index in [2.05, 4.69) is 4.98 Å². The number of nitrogens with two attached hydrogens (primary N) is 1. The van der Waals surface area contributed by atoms with Gasteiger partial charge in [-0.15, -0.1) is 0 Å². The Kier molecular flexibility index (Phi) is 3.13. The zero-order valence-electron chi connectivity index (χ0n) is 11.6. The van der Waals surface area contributed by atoms with E-state index in [-0.39, 0.29) is 5.75 Å². The van der Waals surface area contributed by atoms with Crippen molar-refractivity contribution in [2.75, 3.05) is 20.0 Å². The van der Waals surface area contributed by atoms with E-state index in [0.29, 0.717) is 28.5 Å². The highest BCUT2D eigenvalue weighted by Gasteiger charge is 2.15. The molecule has 0 saturated carbocycles. The van der Waals surface area contributed by atoms with Crippen molar-refractivity contribution in [1.29, 1.82) is 0 Å². The molecule has 0 spiro atoms. The van der Waals surface area contributed by atoms with Gasteiger partial charge in [0.05, 0.1) is 14.2 Å². The van der Waals surface area contributed by atoms with Crippen LogP contribution in [0.15, 0.2) is 36.5 Å². The molecule has 0 aliphatic heterocycles. The van der Waals surface area contributed by atoms with Gasteiger partial charge < -0.3 is 15.2 Å². The van der Waals surface area contributed by atoms with E-state index in [1.165, 1.54) is 13.2 Å². The second-order valence-corrected chi connectivity index (χ2v) is 4.47. The summed E-state index contributed by atoms with van der Waals surface area (Å²) in [5, 5.41) is 0. The Balaban J connectivity index is 2.21. The largest absolute Gasteiger partial charge is 0.494 e. The maximum Gasteiger partial charge on any atom is 0.181 e. The van der Waals surface area contributed by atoms with Gasteiger partial charge in [0.2, 0.25) is 0 Å². The molecule has 2 N–H and O–H groups in total. The second kappa shape index (κ2) is 4.97. The normalized spacial score (nSPS) is 10.8. The Morgan fingerprint density at radius 2 is 1.90 bits per heavy atom. The minimum atomic E-state index is -0.460. The summed E-state index contributed by atoms with van der Waals surface area (Å²) < 4.78 is 25.7. The van der Waals surface area contributed by atoms with Gasteiger partial charge in [-0.05, 0) is 30.3 Å². The minimum absolute atomic E-state index is 0.179. The molecule has 1 aromatic carbocycles. The Hall–Kier alpha value is -2.76. The zero-order valence-corrected chi connectivity index (χ0v) is 11.6. The first-order chi connectivity index (χ1) is 10.2. The predicted molar refractivity (Wildman–Crippen MR) is 78.1 cm³/mol. The van der Waals surface area contributed by atoms with Crippen LogP contribution in [0.4, 0.5) is 10.2 Å². The minimum Gasteiger partial charge on any atom is -0.494 e. The summed E-state index contributed by atoms with van der Waals surface area (Å²) in [5.74, 6) is 0.745. The van der Waals surface area contributed by atoms with Crippen molar-refractivity contribution in [2.45, 2.75) is 0 Å². The van der Waals surface area contributed by atoms with E-state index < -0.39 is 5.82 Å². The predicted octanol–water partition coefficient (Wildman–Crippen LogP) is 2.74. The fourth-order valence-corrected chi connectivity index (χ4v) is 2.25. The summed E-state index contributed by atoms with van der Waals surface area (Å²) in [7, 11) is 2.98. The van der Waals surface area contributed by atoms with Crippen LogP contribution in [0.5, 0.6) is 11.5 Å². The van der Waals surface area contributed by atoms with E-state index in [1.807, 2.05) is 6.07 Å². The van der Waals surface area contributed by atoms with Gasteiger partial charge in [-0.3, -0.25) is 4.40 Å². The molecule has 3 rings (SSSR count). The summed E-state index contributed by atoms with van der Waals surface area (Å²) in [4.78, 5) is 4.46. The molecule has 0 aliphatic rings. The van der Waals surface area contributed by atoms with Crippen LogP contribution < -0.4 is 15.2 Å². The van der Waals surface area contributed by atoms with Crippen LogP contribution >= 0.6 is 0 Å². The number of nitrogen functional groups attached to an aromatic ring is 1. The number of pyridine rings is 1. The van der Waals surface area contributed by atoms with Crippen molar-refractivity contribution in [1.82, 2.24) is 9.38 Å². The third-order valence-electron chi connectivity index (χ3n) is 3.30. The standard InChI is InChI=1S/C15H14FN3O2/c1-20-11-6-5-9(8-10(11)16)13-14(17)19-7-3-4-12(21-2)15(19)18-13/h3-8H,17H2,1-2H3. The number of imidazole rings is 1. The van der Waals surface area contributed by atoms with Crippen molar-refractivity contribution in [3.05, 3.63) is 42.3 Å². The molecule has 0 fully saturated rings. The van der Waals surface area contributed by atoms with Gasteiger partial charge in [0.25, 0.3) is 0 Å². The van der Waals surface area contributed by atoms with Crippen LogP contribution in [0.2, 0.25) is 0 Å². The van der Waals surface area contributed by atoms with Crippen molar-refractivity contribution in [3.63, 3.8) is 0 Å². The number of benzene rings is 1. The summed E-state index contributed by atoms with van der Waals surface area (Å²) in [6, 6.07) is 8.21. The molecule has 0 amide bonds. The van der Waals surface area contributed by atoms with Gasteiger partial charge in [0, 0.05) is 11.8 Å². The van der Waals surface area contributed by atoms with Crippen LogP contribution in [0.3, 0.4) is 0 Å². The first-order valence-corrected chi connectivity index (χ1v) is 6.30. The number of anilines is 1. The number of hydrogen-bond acceptors (Lipinski definition) is 4. The van der Waals surface area contributed by atoms with E-state index in [1.54, 1.807) is 35.9 Å². The maximum atomic E-state index is 13.8. The SMILES string of the molecule is COc1ccc(-c2nc3c(OC)cccn3c2N)cc1F. The summed E-state index contributed by atoms with van der Waals surface area (Å²) in [6.45, 7) is 0. The number of methoxy groups -OCH3 is 2. The summed E-state index contributed by atoms with van der Waals surface area (Å²) in [6.07, 6.45) is 1.78. The van der Waals surface area contributed by atoms with Gasteiger partial charge in [0.15, 0.2) is 23.0 Å². The number of ether oxygens (including phenoxy) is 2.